The van der Waals surface area contributed by atoms with E-state index in [0.717, 1.165) is 26.5 Å². The topological polar surface area (TPSA) is 130 Å². The molecule has 1 heterocycles. The van der Waals surface area contributed by atoms with E-state index < -0.39 is 58.3 Å². The number of ether oxygens (including phenoxy) is 6. The van der Waals surface area contributed by atoms with E-state index in [0.29, 0.717) is 0 Å². The average Bonchev–Trinajstić information content (AvgIpc) is 2.73. The van der Waals surface area contributed by atoms with Gasteiger partial charge in [0.25, 0.3) is 3.79 Å². The number of methoxy groups -OCH3 is 1. The van der Waals surface area contributed by atoms with E-state index in [2.05, 4.69) is 0 Å². The minimum Gasteiger partial charge on any atom is -0.467 e. The Bertz CT molecular complexity index is 862. The van der Waals surface area contributed by atoms with Gasteiger partial charge in [-0.25, -0.2) is 4.79 Å². The summed E-state index contributed by atoms with van der Waals surface area (Å²) in [5.41, 5.74) is 0.730. The lowest BCUT2D eigenvalue weighted by Crippen LogP contribution is -2.64. The molecule has 1 N–H and O–H groups in total. The summed E-state index contributed by atoms with van der Waals surface area (Å²) in [5, 5.41) is 7.89. The first-order valence-electron chi connectivity index (χ1n) is 9.49. The zero-order chi connectivity index (χ0) is 24.8. The number of rotatable bonds is 7. The molecular weight excluding hydrogens is 505 g/mol. The number of halogens is 3. The van der Waals surface area contributed by atoms with Gasteiger partial charge in [0, 0.05) is 13.8 Å². The van der Waals surface area contributed by atoms with Gasteiger partial charge in [-0.2, -0.15) is 0 Å². The van der Waals surface area contributed by atoms with Crippen molar-refractivity contribution in [3.8, 4) is 0 Å². The minimum absolute atomic E-state index is 0.0245. The Hall–Kier alpha value is -2.11. The van der Waals surface area contributed by atoms with Crippen LogP contribution in [-0.4, -0.2) is 65.4 Å². The summed E-state index contributed by atoms with van der Waals surface area (Å²) < 4.78 is 29.9. The lowest BCUT2D eigenvalue weighted by Gasteiger charge is -2.43. The summed E-state index contributed by atoms with van der Waals surface area (Å²) in [5.74, 6) is -3.37. The van der Waals surface area contributed by atoms with Crippen molar-refractivity contribution in [2.24, 2.45) is 0 Å². The van der Waals surface area contributed by atoms with Crippen molar-refractivity contribution >= 4 is 58.6 Å². The first-order valence-corrected chi connectivity index (χ1v) is 10.6. The fourth-order valence-electron chi connectivity index (χ4n) is 2.98. The van der Waals surface area contributed by atoms with Crippen LogP contribution in [-0.2, 0) is 49.4 Å². The number of alkyl halides is 3. The van der Waals surface area contributed by atoms with E-state index in [1.54, 1.807) is 30.3 Å². The molecule has 0 aromatic heterocycles. The molecule has 1 aromatic rings. The number of esters is 3. The molecule has 1 fully saturated rings. The second-order valence-electron chi connectivity index (χ2n) is 6.80. The molecule has 0 spiro atoms. The van der Waals surface area contributed by atoms with Gasteiger partial charge in [0.05, 0.1) is 13.7 Å². The summed E-state index contributed by atoms with van der Waals surface area (Å²) >= 11 is 17.1. The van der Waals surface area contributed by atoms with Crippen LogP contribution in [0.2, 0.25) is 0 Å². The SMILES string of the molecule is COC(=O)[C@H]1O[C@H](OC(=N)C(Cl)(Cl)Cl)[C@H](OCc2ccccc2)[C@@H](OC(C)=O)[C@H]1OC(C)=O. The quantitative estimate of drug-likeness (QED) is 0.187. The van der Waals surface area contributed by atoms with Gasteiger partial charge in [-0.3, -0.25) is 15.0 Å². The van der Waals surface area contributed by atoms with Gasteiger partial charge in [-0.15, -0.1) is 0 Å². The van der Waals surface area contributed by atoms with Gasteiger partial charge in [-0.1, -0.05) is 65.1 Å². The van der Waals surface area contributed by atoms with Crippen LogP contribution in [0.25, 0.3) is 0 Å². The van der Waals surface area contributed by atoms with E-state index in [9.17, 15) is 14.4 Å². The number of benzene rings is 1. The molecule has 0 amide bonds. The Balaban J connectivity index is 2.47. The minimum atomic E-state index is -2.27. The van der Waals surface area contributed by atoms with E-state index in [1.807, 2.05) is 0 Å². The number of carbonyl (C=O) groups excluding carboxylic acids is 3. The summed E-state index contributed by atoms with van der Waals surface area (Å²) in [4.78, 5) is 36.0. The van der Waals surface area contributed by atoms with Gasteiger partial charge < -0.3 is 28.4 Å². The van der Waals surface area contributed by atoms with Crippen LogP contribution in [0.15, 0.2) is 30.3 Å². The first-order chi connectivity index (χ1) is 15.4. The number of hydrogen-bond donors (Lipinski definition) is 1. The van der Waals surface area contributed by atoms with Gasteiger partial charge >= 0.3 is 17.9 Å². The number of carbonyl (C=O) groups is 3. The van der Waals surface area contributed by atoms with Crippen LogP contribution in [0.3, 0.4) is 0 Å². The van der Waals surface area contributed by atoms with E-state index in [-0.39, 0.29) is 6.61 Å². The normalized spacial score (nSPS) is 25.0. The molecular formula is C20H22Cl3NO9. The highest BCUT2D eigenvalue weighted by molar-refractivity contribution is 6.76. The van der Waals surface area contributed by atoms with E-state index in [1.165, 1.54) is 0 Å². The molecule has 10 nitrogen and oxygen atoms in total. The number of nitrogens with one attached hydrogen (secondary N) is 1. The molecule has 1 saturated heterocycles. The lowest BCUT2D eigenvalue weighted by atomic mass is 9.97. The number of hydrogen-bond acceptors (Lipinski definition) is 10. The highest BCUT2D eigenvalue weighted by Gasteiger charge is 2.55. The molecule has 33 heavy (non-hydrogen) atoms. The molecule has 13 heteroatoms. The van der Waals surface area contributed by atoms with Crippen molar-refractivity contribution in [3.05, 3.63) is 35.9 Å². The molecule has 0 radical (unpaired) electrons. The maximum atomic E-state index is 12.4. The molecule has 1 aromatic carbocycles. The molecule has 5 atom stereocenters. The van der Waals surface area contributed by atoms with Crippen molar-refractivity contribution in [1.29, 1.82) is 5.41 Å². The van der Waals surface area contributed by atoms with Crippen LogP contribution in [0, 0.1) is 5.41 Å². The molecule has 0 unspecified atom stereocenters. The zero-order valence-electron chi connectivity index (χ0n) is 17.8. The Labute approximate surface area is 204 Å². The highest BCUT2D eigenvalue weighted by atomic mass is 35.6. The Morgan fingerprint density at radius 2 is 1.55 bits per heavy atom. The predicted molar refractivity (Wildman–Crippen MR) is 116 cm³/mol. The largest absolute Gasteiger partial charge is 0.467 e. The zero-order valence-corrected chi connectivity index (χ0v) is 20.1. The van der Waals surface area contributed by atoms with Gasteiger partial charge in [-0.05, 0) is 5.56 Å². The molecule has 182 valence electrons. The Morgan fingerprint density at radius 1 is 0.970 bits per heavy atom. The van der Waals surface area contributed by atoms with Crippen molar-refractivity contribution in [2.75, 3.05) is 7.11 Å². The van der Waals surface area contributed by atoms with Crippen molar-refractivity contribution in [2.45, 2.75) is 55.0 Å². The van der Waals surface area contributed by atoms with Crippen molar-refractivity contribution in [1.82, 2.24) is 0 Å². The van der Waals surface area contributed by atoms with E-state index >= 15 is 0 Å². The second-order valence-corrected chi connectivity index (χ2v) is 9.08. The Kier molecular flexibility index (Phi) is 9.74. The van der Waals surface area contributed by atoms with Crippen LogP contribution in [0.4, 0.5) is 0 Å². The van der Waals surface area contributed by atoms with Crippen LogP contribution in [0.5, 0.6) is 0 Å². The lowest BCUT2D eigenvalue weighted by molar-refractivity contribution is -0.293. The fourth-order valence-corrected chi connectivity index (χ4v) is 3.12. The maximum Gasteiger partial charge on any atom is 0.339 e. The smallest absolute Gasteiger partial charge is 0.339 e. The standard InChI is InChI=1S/C20H22Cl3NO9/c1-10(25)30-13-14(31-11(2)26)16(29-9-12-7-5-4-6-8-12)18(32-15(13)17(27)28-3)33-19(24)20(21,22)23/h4-8,13-16,18,24H,9H2,1-3H3/t13-,14+,15+,16-,18-/m1/s1. The maximum absolute atomic E-state index is 12.4. The van der Waals surface area contributed by atoms with Gasteiger partial charge in [0.2, 0.25) is 12.2 Å². The third kappa shape index (κ3) is 7.72. The van der Waals surface area contributed by atoms with E-state index in [4.69, 9.17) is 68.6 Å². The van der Waals surface area contributed by atoms with Crippen LogP contribution in [0.1, 0.15) is 19.4 Å². The summed E-state index contributed by atoms with van der Waals surface area (Å²) in [6, 6.07) is 8.90. The van der Waals surface area contributed by atoms with Gasteiger partial charge in [0.1, 0.15) is 0 Å². The molecule has 0 bridgehead atoms. The molecule has 0 saturated carbocycles. The predicted octanol–water partition coefficient (Wildman–Crippen LogP) is 2.70. The fraction of sp³-hybridized carbons (Fsp3) is 0.500. The molecule has 1 aliphatic heterocycles. The first kappa shape index (κ1) is 27.1. The summed E-state index contributed by atoms with van der Waals surface area (Å²) in [7, 11) is 1.08. The highest BCUT2D eigenvalue weighted by Crippen LogP contribution is 2.34. The third-order valence-corrected chi connectivity index (χ3v) is 4.82. The summed E-state index contributed by atoms with van der Waals surface area (Å²) in [6.07, 6.45) is -7.36. The van der Waals surface area contributed by atoms with Crippen molar-refractivity contribution < 1.29 is 42.8 Å². The van der Waals surface area contributed by atoms with Gasteiger partial charge in [0.15, 0.2) is 24.4 Å². The molecule has 1 aliphatic rings. The molecule has 0 aliphatic carbocycles. The third-order valence-electron chi connectivity index (χ3n) is 4.31. The summed E-state index contributed by atoms with van der Waals surface area (Å²) in [6.45, 7) is 2.18. The van der Waals surface area contributed by atoms with Crippen molar-refractivity contribution in [3.63, 3.8) is 0 Å². The van der Waals surface area contributed by atoms with Crippen LogP contribution >= 0.6 is 34.8 Å². The Morgan fingerprint density at radius 3 is 2.06 bits per heavy atom. The second kappa shape index (κ2) is 11.8. The average molecular weight is 527 g/mol. The van der Waals surface area contributed by atoms with Crippen LogP contribution < -0.4 is 0 Å². The monoisotopic (exact) mass is 525 g/mol. The molecule has 2 rings (SSSR count).